The molecule has 1 aromatic heterocycles. The Hall–Kier alpha value is -2.82. The molecule has 1 aliphatic heterocycles. The molecule has 0 saturated carbocycles. The van der Waals surface area contributed by atoms with E-state index in [4.69, 9.17) is 26.8 Å². The lowest BCUT2D eigenvalue weighted by Gasteiger charge is -2.14. The van der Waals surface area contributed by atoms with Gasteiger partial charge in [0.1, 0.15) is 5.69 Å². The van der Waals surface area contributed by atoms with Gasteiger partial charge in [0.15, 0.2) is 34.5 Å². The summed E-state index contributed by atoms with van der Waals surface area (Å²) in [5, 5.41) is 1.69. The maximum atomic E-state index is 14.0. The minimum Gasteiger partial charge on any atom is -0.454 e. The van der Waals surface area contributed by atoms with Crippen LogP contribution in [-0.4, -0.2) is 32.7 Å². The third-order valence-corrected chi connectivity index (χ3v) is 3.83. The number of halogens is 4. The van der Waals surface area contributed by atoms with Crippen LogP contribution in [0, 0.1) is 5.82 Å². The quantitative estimate of drug-likeness (QED) is 0.701. The molecule has 3 N–H and O–H groups in total. The monoisotopic (exact) mass is 433 g/mol. The SMILES string of the molecule is CC(C)(F)C(=O)Cl.CC(C)(F)c1nc(N)nc(Nc2c(F)ccc3c2OCO3)n1. The Morgan fingerprint density at radius 2 is 1.79 bits per heavy atom. The third-order valence-electron chi connectivity index (χ3n) is 3.38. The molecule has 1 aliphatic rings. The predicted octanol–water partition coefficient (Wildman–Crippen LogP) is 3.77. The van der Waals surface area contributed by atoms with Crippen molar-refractivity contribution < 1.29 is 27.4 Å². The Balaban J connectivity index is 0.000000370. The van der Waals surface area contributed by atoms with Crippen molar-refractivity contribution >= 4 is 34.4 Å². The van der Waals surface area contributed by atoms with E-state index in [1.165, 1.54) is 26.0 Å². The molecule has 2 heterocycles. The molecule has 3 rings (SSSR count). The number of aromatic nitrogens is 3. The number of anilines is 3. The lowest BCUT2D eigenvalue weighted by Crippen LogP contribution is -2.19. The van der Waals surface area contributed by atoms with Gasteiger partial charge in [-0.2, -0.15) is 15.0 Å². The highest BCUT2D eigenvalue weighted by Gasteiger charge is 2.26. The number of nitrogens with zero attached hydrogens (tertiary/aromatic N) is 3. The van der Waals surface area contributed by atoms with Gasteiger partial charge < -0.3 is 20.5 Å². The number of alkyl halides is 2. The van der Waals surface area contributed by atoms with Gasteiger partial charge in [-0.1, -0.05) is 0 Å². The van der Waals surface area contributed by atoms with Gasteiger partial charge in [0, 0.05) is 0 Å². The highest BCUT2D eigenvalue weighted by atomic mass is 35.5. The Labute approximate surface area is 169 Å². The maximum Gasteiger partial charge on any atom is 0.258 e. The van der Waals surface area contributed by atoms with Crippen LogP contribution in [0.1, 0.15) is 33.5 Å². The summed E-state index contributed by atoms with van der Waals surface area (Å²) in [7, 11) is 0. The molecular weight excluding hydrogens is 415 g/mol. The van der Waals surface area contributed by atoms with Crippen LogP contribution < -0.4 is 20.5 Å². The molecule has 29 heavy (non-hydrogen) atoms. The number of nitrogens with two attached hydrogens (primary N) is 1. The topological polar surface area (TPSA) is 112 Å². The van der Waals surface area contributed by atoms with Crippen molar-refractivity contribution in [1.29, 1.82) is 0 Å². The van der Waals surface area contributed by atoms with Crippen molar-refractivity contribution in [2.24, 2.45) is 0 Å². The average molecular weight is 434 g/mol. The number of benzene rings is 1. The molecule has 0 atom stereocenters. The summed E-state index contributed by atoms with van der Waals surface area (Å²) in [5.41, 5.74) is 1.84. The zero-order valence-corrected chi connectivity index (χ0v) is 16.8. The van der Waals surface area contributed by atoms with Gasteiger partial charge >= 0.3 is 0 Å². The van der Waals surface area contributed by atoms with Crippen LogP contribution in [0.4, 0.5) is 30.8 Å². The Morgan fingerprint density at radius 1 is 1.17 bits per heavy atom. The van der Waals surface area contributed by atoms with Crippen molar-refractivity contribution in [3.05, 3.63) is 23.8 Å². The van der Waals surface area contributed by atoms with Crippen molar-refractivity contribution in [3.63, 3.8) is 0 Å². The number of fused-ring (bicyclic) bond motifs is 1. The van der Waals surface area contributed by atoms with Crippen molar-refractivity contribution in [2.75, 3.05) is 17.8 Å². The van der Waals surface area contributed by atoms with Crippen LogP contribution in [-0.2, 0) is 10.5 Å². The van der Waals surface area contributed by atoms with Crippen LogP contribution in [0.2, 0.25) is 0 Å². The van der Waals surface area contributed by atoms with E-state index in [0.29, 0.717) is 5.75 Å². The number of rotatable bonds is 4. The van der Waals surface area contributed by atoms with Crippen molar-refractivity contribution in [1.82, 2.24) is 15.0 Å². The van der Waals surface area contributed by atoms with Crippen LogP contribution in [0.3, 0.4) is 0 Å². The van der Waals surface area contributed by atoms with E-state index in [2.05, 4.69) is 20.3 Å². The zero-order chi connectivity index (χ0) is 22.0. The third kappa shape index (κ3) is 5.83. The smallest absolute Gasteiger partial charge is 0.258 e. The Bertz CT molecular complexity index is 916. The normalized spacial score (nSPS) is 12.8. The van der Waals surface area contributed by atoms with E-state index in [-0.39, 0.29) is 36.0 Å². The second-order valence-electron chi connectivity index (χ2n) is 6.84. The number of ether oxygens (including phenoxy) is 2. The molecule has 0 radical (unpaired) electrons. The average Bonchev–Trinajstić information content (AvgIpc) is 3.05. The first kappa shape index (κ1) is 22.5. The highest BCUT2D eigenvalue weighted by Crippen LogP contribution is 2.41. The summed E-state index contributed by atoms with van der Waals surface area (Å²) in [5.74, 6) is -0.437. The summed E-state index contributed by atoms with van der Waals surface area (Å²) in [6.07, 6.45) is 0. The molecule has 12 heteroatoms. The number of nitrogens with one attached hydrogen (secondary N) is 1. The Morgan fingerprint density at radius 3 is 2.34 bits per heavy atom. The molecular formula is C17H19ClF3N5O3. The largest absolute Gasteiger partial charge is 0.454 e. The van der Waals surface area contributed by atoms with E-state index in [1.807, 2.05) is 0 Å². The van der Waals surface area contributed by atoms with Gasteiger partial charge in [0.05, 0.1) is 0 Å². The minimum absolute atomic E-state index is 0.0109. The lowest BCUT2D eigenvalue weighted by atomic mass is 10.1. The molecule has 0 bridgehead atoms. The fourth-order valence-electron chi connectivity index (χ4n) is 1.89. The number of carbonyl (C=O) groups excluding carboxylic acids is 1. The molecule has 8 nitrogen and oxygen atoms in total. The summed E-state index contributed by atoms with van der Waals surface area (Å²) in [4.78, 5) is 21.3. The summed E-state index contributed by atoms with van der Waals surface area (Å²) in [6, 6.07) is 2.65. The molecule has 158 valence electrons. The molecule has 0 amide bonds. The van der Waals surface area contributed by atoms with Crippen LogP contribution in [0.15, 0.2) is 12.1 Å². The first-order chi connectivity index (χ1) is 13.3. The van der Waals surface area contributed by atoms with Crippen LogP contribution in [0.25, 0.3) is 0 Å². The number of hydrogen-bond donors (Lipinski definition) is 2. The van der Waals surface area contributed by atoms with Gasteiger partial charge in [-0.05, 0) is 51.4 Å². The second kappa shape index (κ2) is 8.27. The van der Waals surface area contributed by atoms with E-state index in [0.717, 1.165) is 13.8 Å². The molecule has 0 unspecified atom stereocenters. The van der Waals surface area contributed by atoms with Gasteiger partial charge in [-0.3, -0.25) is 4.79 Å². The maximum absolute atomic E-state index is 14.0. The standard InChI is InChI=1S/C13H13F2N5O2.C4H6ClFO/c1-13(2,15)10-18-11(16)20-12(19-10)17-8-6(14)3-4-7-9(8)22-5-21-7;1-4(2,6)3(5)7/h3-4H,5H2,1-2H3,(H3,16,17,18,19,20);1-2H3. The fraction of sp³-hybridized carbons (Fsp3) is 0.412. The van der Waals surface area contributed by atoms with E-state index < -0.39 is 22.4 Å². The van der Waals surface area contributed by atoms with Crippen molar-refractivity contribution in [2.45, 2.75) is 39.0 Å². The van der Waals surface area contributed by atoms with E-state index in [1.54, 1.807) is 0 Å². The Kier molecular flexibility index (Phi) is 6.41. The number of carbonyl (C=O) groups is 1. The molecule has 0 aliphatic carbocycles. The van der Waals surface area contributed by atoms with Gasteiger partial charge in [-0.15, -0.1) is 0 Å². The van der Waals surface area contributed by atoms with E-state index in [9.17, 15) is 18.0 Å². The summed E-state index contributed by atoms with van der Waals surface area (Å²) < 4.78 is 50.4. The van der Waals surface area contributed by atoms with Gasteiger partial charge in [0.25, 0.3) is 5.24 Å². The highest BCUT2D eigenvalue weighted by molar-refractivity contribution is 6.65. The van der Waals surface area contributed by atoms with Crippen LogP contribution in [0.5, 0.6) is 11.5 Å². The molecule has 0 fully saturated rings. The lowest BCUT2D eigenvalue weighted by molar-refractivity contribution is -0.120. The summed E-state index contributed by atoms with van der Waals surface area (Å²) >= 11 is 4.74. The van der Waals surface area contributed by atoms with E-state index >= 15 is 0 Å². The fourth-order valence-corrected chi connectivity index (χ4v) is 1.89. The first-order valence-corrected chi connectivity index (χ1v) is 8.61. The molecule has 2 aromatic rings. The molecule has 0 spiro atoms. The van der Waals surface area contributed by atoms with Crippen LogP contribution >= 0.6 is 11.6 Å². The second-order valence-corrected chi connectivity index (χ2v) is 7.18. The van der Waals surface area contributed by atoms with Crippen molar-refractivity contribution in [3.8, 4) is 11.5 Å². The zero-order valence-electron chi connectivity index (χ0n) is 16.0. The molecule has 1 aromatic carbocycles. The molecule has 0 saturated heterocycles. The number of nitrogen functional groups attached to an aromatic ring is 1. The summed E-state index contributed by atoms with van der Waals surface area (Å²) in [6.45, 7) is 4.77. The minimum atomic E-state index is -1.87. The first-order valence-electron chi connectivity index (χ1n) is 8.24. The number of hydrogen-bond acceptors (Lipinski definition) is 8. The predicted molar refractivity (Wildman–Crippen MR) is 100 cm³/mol. The van der Waals surface area contributed by atoms with Gasteiger partial charge in [-0.25, -0.2) is 13.2 Å². The van der Waals surface area contributed by atoms with Gasteiger partial charge in [0.2, 0.25) is 18.7 Å².